The number of hydrogen-bond acceptors (Lipinski definition) is 2. The minimum Gasteiger partial charge on any atom is -0.228 e. The molecule has 0 bridgehead atoms. The Morgan fingerprint density at radius 1 is 0.317 bits per heavy atom. The first-order valence-electron chi connectivity index (χ1n) is 21.9. The molecule has 0 aliphatic heterocycles. The fourth-order valence-electron chi connectivity index (χ4n) is 10.7. The number of benzene rings is 11. The van der Waals surface area contributed by atoms with Gasteiger partial charge in [-0.1, -0.05) is 184 Å². The van der Waals surface area contributed by atoms with Gasteiger partial charge in [-0.25, -0.2) is 9.97 Å². The first kappa shape index (κ1) is 35.8. The van der Waals surface area contributed by atoms with Gasteiger partial charge in [-0.3, -0.25) is 0 Å². The van der Waals surface area contributed by atoms with Gasteiger partial charge in [0.2, 0.25) is 0 Å². The van der Waals surface area contributed by atoms with Gasteiger partial charge >= 0.3 is 0 Å². The average Bonchev–Trinajstić information content (AvgIpc) is 3.57. The molecule has 1 heterocycles. The molecule has 12 aromatic rings. The Morgan fingerprint density at radius 2 is 0.873 bits per heavy atom. The molecule has 13 rings (SSSR count). The van der Waals surface area contributed by atoms with E-state index >= 15 is 0 Å². The van der Waals surface area contributed by atoms with Gasteiger partial charge in [0.05, 0.1) is 11.4 Å². The van der Waals surface area contributed by atoms with E-state index in [1.807, 2.05) is 6.07 Å². The van der Waals surface area contributed by atoms with Crippen LogP contribution in [0.2, 0.25) is 0 Å². The van der Waals surface area contributed by atoms with Crippen LogP contribution in [0.15, 0.2) is 206 Å². The highest BCUT2D eigenvalue weighted by atomic mass is 14.9. The van der Waals surface area contributed by atoms with Crippen LogP contribution in [0.4, 0.5) is 0 Å². The molecule has 0 saturated carbocycles. The summed E-state index contributed by atoms with van der Waals surface area (Å²) >= 11 is 0. The number of aromatic nitrogens is 2. The highest BCUT2D eigenvalue weighted by molar-refractivity contribution is 6.33. The lowest BCUT2D eigenvalue weighted by Crippen LogP contribution is -2.14. The summed E-state index contributed by atoms with van der Waals surface area (Å²) in [6.45, 7) is 4.70. The zero-order chi connectivity index (χ0) is 41.8. The molecule has 1 aromatic heterocycles. The third kappa shape index (κ3) is 5.44. The van der Waals surface area contributed by atoms with E-state index in [9.17, 15) is 0 Å². The fraction of sp³-hybridized carbons (Fsp3) is 0.0492. The molecule has 0 radical (unpaired) electrons. The SMILES string of the molecule is CC1(C)c2cc3ccccc3cc2-c2c(-c3cc(-c4ccc5cc(-c6cc7c8ccccc8c8ccccc8c7c7ccccc67)ccc5c4)nc(-c4ccccc4)n3)cccc21. The largest absolute Gasteiger partial charge is 0.228 e. The summed E-state index contributed by atoms with van der Waals surface area (Å²) in [5, 5.41) is 15.2. The molecule has 0 spiro atoms. The van der Waals surface area contributed by atoms with Gasteiger partial charge in [0, 0.05) is 22.1 Å². The molecule has 2 heteroatoms. The van der Waals surface area contributed by atoms with Gasteiger partial charge in [-0.15, -0.1) is 0 Å². The van der Waals surface area contributed by atoms with Crippen LogP contribution in [0.5, 0.6) is 0 Å². The second kappa shape index (κ2) is 13.5. The average molecular weight is 801 g/mol. The van der Waals surface area contributed by atoms with E-state index in [-0.39, 0.29) is 5.41 Å². The molecule has 2 nitrogen and oxygen atoms in total. The number of rotatable bonds is 4. The number of fused-ring (bicyclic) bond motifs is 13. The van der Waals surface area contributed by atoms with Crippen molar-refractivity contribution in [3.05, 3.63) is 217 Å². The summed E-state index contributed by atoms with van der Waals surface area (Å²) in [6.07, 6.45) is 0. The summed E-state index contributed by atoms with van der Waals surface area (Å²) in [4.78, 5) is 10.6. The highest BCUT2D eigenvalue weighted by Crippen LogP contribution is 2.53. The second-order valence-corrected chi connectivity index (χ2v) is 17.7. The van der Waals surface area contributed by atoms with E-state index in [0.717, 1.165) is 33.9 Å². The van der Waals surface area contributed by atoms with E-state index in [2.05, 4.69) is 214 Å². The van der Waals surface area contributed by atoms with Crippen molar-refractivity contribution in [3.8, 4) is 56.2 Å². The van der Waals surface area contributed by atoms with Crippen LogP contribution >= 0.6 is 0 Å². The van der Waals surface area contributed by atoms with Crippen molar-refractivity contribution in [3.63, 3.8) is 0 Å². The second-order valence-electron chi connectivity index (χ2n) is 17.7. The van der Waals surface area contributed by atoms with Gasteiger partial charge in [-0.05, 0) is 134 Å². The molecule has 0 fully saturated rings. The molecule has 0 N–H and O–H groups in total. The van der Waals surface area contributed by atoms with Crippen LogP contribution in [-0.4, -0.2) is 9.97 Å². The molecule has 0 amide bonds. The number of hydrogen-bond donors (Lipinski definition) is 0. The Morgan fingerprint density at radius 3 is 1.62 bits per heavy atom. The van der Waals surface area contributed by atoms with E-state index in [1.165, 1.54) is 98.0 Å². The summed E-state index contributed by atoms with van der Waals surface area (Å²) in [5.74, 6) is 0.718. The summed E-state index contributed by atoms with van der Waals surface area (Å²) in [5.41, 5.74) is 12.5. The van der Waals surface area contributed by atoms with E-state index in [1.54, 1.807) is 0 Å². The van der Waals surface area contributed by atoms with Crippen molar-refractivity contribution in [2.24, 2.45) is 0 Å². The molecule has 1 aliphatic carbocycles. The van der Waals surface area contributed by atoms with Gasteiger partial charge in [-0.2, -0.15) is 0 Å². The van der Waals surface area contributed by atoms with Gasteiger partial charge in [0.1, 0.15) is 0 Å². The Labute approximate surface area is 365 Å². The van der Waals surface area contributed by atoms with Crippen LogP contribution in [0.3, 0.4) is 0 Å². The summed E-state index contributed by atoms with van der Waals surface area (Å²) in [6, 6.07) is 75.5. The zero-order valence-corrected chi connectivity index (χ0v) is 35.0. The standard InChI is InChI=1S/C61H40N2/c1-61(2)54-26-14-25-50(59(54)53-33-38-17-6-7-18-39(38)34-55(53)61)57-36-56(62-60(63-57)37-15-4-3-5-16-37)43-30-28-40-31-42(29-27-41(40)32-43)51-35-52-46-21-9-8-19-44(46)45-20-10-12-23-48(45)58(52)49-24-13-11-22-47(49)51/h3-36H,1-2H3. The van der Waals surface area contributed by atoms with Crippen LogP contribution in [0.1, 0.15) is 25.0 Å². The molecule has 0 unspecified atom stereocenters. The molecule has 63 heavy (non-hydrogen) atoms. The van der Waals surface area contributed by atoms with Gasteiger partial charge in [0.15, 0.2) is 5.82 Å². The lowest BCUT2D eigenvalue weighted by molar-refractivity contribution is 0.661. The zero-order valence-electron chi connectivity index (χ0n) is 35.0. The van der Waals surface area contributed by atoms with E-state index < -0.39 is 0 Å². The first-order valence-corrected chi connectivity index (χ1v) is 21.9. The Hall–Kier alpha value is -7.94. The highest BCUT2D eigenvalue weighted by Gasteiger charge is 2.37. The maximum absolute atomic E-state index is 5.34. The van der Waals surface area contributed by atoms with Crippen molar-refractivity contribution in [1.82, 2.24) is 9.97 Å². The fourth-order valence-corrected chi connectivity index (χ4v) is 10.7. The molecular formula is C61H40N2. The normalized spacial score (nSPS) is 13.0. The van der Waals surface area contributed by atoms with Crippen LogP contribution in [-0.2, 0) is 5.41 Å². The third-order valence-electron chi connectivity index (χ3n) is 13.8. The van der Waals surface area contributed by atoms with Crippen molar-refractivity contribution >= 4 is 64.6 Å². The van der Waals surface area contributed by atoms with Crippen LogP contribution in [0, 0.1) is 0 Å². The molecule has 0 saturated heterocycles. The van der Waals surface area contributed by atoms with Crippen molar-refractivity contribution in [1.29, 1.82) is 0 Å². The molecule has 11 aromatic carbocycles. The molecule has 1 aliphatic rings. The molecular weight excluding hydrogens is 761 g/mol. The Kier molecular flexibility index (Phi) is 7.68. The minimum atomic E-state index is -0.151. The minimum absolute atomic E-state index is 0.151. The number of nitrogens with zero attached hydrogens (tertiary/aromatic N) is 2. The maximum Gasteiger partial charge on any atom is 0.160 e. The van der Waals surface area contributed by atoms with Crippen molar-refractivity contribution in [2.45, 2.75) is 19.3 Å². The van der Waals surface area contributed by atoms with E-state index in [0.29, 0.717) is 0 Å². The Balaban J connectivity index is 0.971. The Bertz CT molecular complexity index is 3880. The van der Waals surface area contributed by atoms with Crippen molar-refractivity contribution < 1.29 is 0 Å². The van der Waals surface area contributed by atoms with E-state index in [4.69, 9.17) is 9.97 Å². The molecule has 0 atom stereocenters. The first-order chi connectivity index (χ1) is 31.0. The monoisotopic (exact) mass is 800 g/mol. The van der Waals surface area contributed by atoms with Gasteiger partial charge < -0.3 is 0 Å². The molecule has 294 valence electrons. The van der Waals surface area contributed by atoms with Crippen molar-refractivity contribution in [2.75, 3.05) is 0 Å². The maximum atomic E-state index is 5.34. The predicted molar refractivity (Wildman–Crippen MR) is 266 cm³/mol. The topological polar surface area (TPSA) is 25.8 Å². The smallest absolute Gasteiger partial charge is 0.160 e. The lowest BCUT2D eigenvalue weighted by atomic mass is 9.81. The predicted octanol–water partition coefficient (Wildman–Crippen LogP) is 16.4. The van der Waals surface area contributed by atoms with Crippen LogP contribution < -0.4 is 0 Å². The van der Waals surface area contributed by atoms with Gasteiger partial charge in [0.25, 0.3) is 0 Å². The summed E-state index contributed by atoms with van der Waals surface area (Å²) < 4.78 is 0. The quantitative estimate of drug-likeness (QED) is 0.166. The lowest BCUT2D eigenvalue weighted by Gasteiger charge is -2.22. The van der Waals surface area contributed by atoms with Crippen LogP contribution in [0.25, 0.3) is 121 Å². The summed E-state index contributed by atoms with van der Waals surface area (Å²) in [7, 11) is 0. The third-order valence-corrected chi connectivity index (χ3v) is 13.8.